The van der Waals surface area contributed by atoms with Crippen molar-refractivity contribution in [3.05, 3.63) is 76.0 Å². The Morgan fingerprint density at radius 2 is 1.88 bits per heavy atom. The summed E-state index contributed by atoms with van der Waals surface area (Å²) >= 11 is 3.37. The van der Waals surface area contributed by atoms with Crippen LogP contribution in [0.25, 0.3) is 11.3 Å². The fraction of sp³-hybridized carbons (Fsp3) is 0.0556. The van der Waals surface area contributed by atoms with Crippen LogP contribution in [0.5, 0.6) is 0 Å². The van der Waals surface area contributed by atoms with Gasteiger partial charge in [0, 0.05) is 10.0 Å². The maximum Gasteiger partial charge on any atom is 0.277 e. The molecule has 1 amide bonds. The van der Waals surface area contributed by atoms with Gasteiger partial charge in [-0.3, -0.25) is 4.79 Å². The number of carbonyl (C=O) groups is 1. The molecule has 0 unspecified atom stereocenters. The van der Waals surface area contributed by atoms with Crippen LogP contribution in [0.15, 0.2) is 68.7 Å². The van der Waals surface area contributed by atoms with Gasteiger partial charge in [-0.2, -0.15) is 5.10 Å². The van der Waals surface area contributed by atoms with Gasteiger partial charge >= 0.3 is 0 Å². The Hall–Kier alpha value is -2.73. The maximum absolute atomic E-state index is 12.4. The lowest BCUT2D eigenvalue weighted by Gasteiger charge is -2.01. The molecular formula is C18H14BrN3O2. The lowest BCUT2D eigenvalue weighted by atomic mass is 10.1. The summed E-state index contributed by atoms with van der Waals surface area (Å²) in [6.07, 6.45) is 1.58. The van der Waals surface area contributed by atoms with Gasteiger partial charge < -0.3 is 4.52 Å². The largest absolute Gasteiger partial charge is 0.360 e. The SMILES string of the molecule is Cc1onc(-c2ccccc2)c1C(=O)N/N=C/c1ccc(Br)cc1. The molecule has 1 N–H and O–H groups in total. The van der Waals surface area contributed by atoms with Crippen LogP contribution in [0.3, 0.4) is 0 Å². The van der Waals surface area contributed by atoms with Gasteiger partial charge in [-0.05, 0) is 24.6 Å². The molecule has 2 aromatic carbocycles. The first-order valence-electron chi connectivity index (χ1n) is 7.26. The monoisotopic (exact) mass is 383 g/mol. The van der Waals surface area contributed by atoms with Crippen molar-refractivity contribution < 1.29 is 9.32 Å². The molecule has 1 aromatic heterocycles. The van der Waals surface area contributed by atoms with E-state index in [4.69, 9.17) is 4.52 Å². The minimum atomic E-state index is -0.360. The standard InChI is InChI=1S/C18H14BrN3O2/c1-12-16(17(22-24-12)14-5-3-2-4-6-14)18(23)21-20-11-13-7-9-15(19)10-8-13/h2-11H,1H3,(H,21,23)/b20-11+. The van der Waals surface area contributed by atoms with Crippen LogP contribution in [0, 0.1) is 6.92 Å². The van der Waals surface area contributed by atoms with Gasteiger partial charge in [0.05, 0.1) is 6.21 Å². The number of halogens is 1. The summed E-state index contributed by atoms with van der Waals surface area (Å²) in [6.45, 7) is 1.70. The summed E-state index contributed by atoms with van der Waals surface area (Å²) in [5.74, 6) is 0.0890. The molecule has 1 heterocycles. The van der Waals surface area contributed by atoms with Crippen LogP contribution in [0.2, 0.25) is 0 Å². The van der Waals surface area contributed by atoms with Crippen LogP contribution in [-0.4, -0.2) is 17.3 Å². The van der Waals surface area contributed by atoms with Crippen molar-refractivity contribution in [2.75, 3.05) is 0 Å². The first-order chi connectivity index (χ1) is 11.6. The van der Waals surface area contributed by atoms with Crippen molar-refractivity contribution in [2.45, 2.75) is 6.92 Å². The summed E-state index contributed by atoms with van der Waals surface area (Å²) < 4.78 is 6.16. The fourth-order valence-corrected chi connectivity index (χ4v) is 2.47. The van der Waals surface area contributed by atoms with Gasteiger partial charge in [-0.1, -0.05) is 63.6 Å². The van der Waals surface area contributed by atoms with Crippen LogP contribution < -0.4 is 5.43 Å². The number of nitrogens with one attached hydrogen (secondary N) is 1. The second kappa shape index (κ2) is 7.23. The van der Waals surface area contributed by atoms with E-state index in [1.54, 1.807) is 13.1 Å². The molecule has 0 bridgehead atoms. The van der Waals surface area contributed by atoms with Gasteiger partial charge in [-0.25, -0.2) is 5.43 Å². The molecule has 6 heteroatoms. The molecule has 0 aliphatic rings. The highest BCUT2D eigenvalue weighted by Crippen LogP contribution is 2.24. The van der Waals surface area contributed by atoms with Crippen LogP contribution in [0.4, 0.5) is 0 Å². The molecule has 0 radical (unpaired) electrons. The van der Waals surface area contributed by atoms with E-state index in [1.807, 2.05) is 54.6 Å². The summed E-state index contributed by atoms with van der Waals surface area (Å²) in [4.78, 5) is 12.4. The summed E-state index contributed by atoms with van der Waals surface area (Å²) in [6, 6.07) is 17.0. The Morgan fingerprint density at radius 3 is 2.58 bits per heavy atom. The average molecular weight is 384 g/mol. The third-order valence-electron chi connectivity index (χ3n) is 3.39. The Bertz CT molecular complexity index is 871. The molecule has 5 nitrogen and oxygen atoms in total. The minimum absolute atomic E-state index is 0.360. The number of aryl methyl sites for hydroxylation is 1. The number of hydrogen-bond donors (Lipinski definition) is 1. The first-order valence-corrected chi connectivity index (χ1v) is 8.05. The normalized spacial score (nSPS) is 10.9. The van der Waals surface area contributed by atoms with E-state index in [9.17, 15) is 4.79 Å². The van der Waals surface area contributed by atoms with Crippen molar-refractivity contribution >= 4 is 28.1 Å². The van der Waals surface area contributed by atoms with E-state index < -0.39 is 0 Å². The van der Waals surface area contributed by atoms with Gasteiger partial charge in [0.25, 0.3) is 5.91 Å². The van der Waals surface area contributed by atoms with Crippen LogP contribution in [-0.2, 0) is 0 Å². The van der Waals surface area contributed by atoms with Gasteiger partial charge in [0.15, 0.2) is 0 Å². The molecule has 0 saturated heterocycles. The number of nitrogens with zero attached hydrogens (tertiary/aromatic N) is 2. The van der Waals surface area contributed by atoms with Crippen LogP contribution >= 0.6 is 15.9 Å². The zero-order chi connectivity index (χ0) is 16.9. The zero-order valence-electron chi connectivity index (χ0n) is 12.9. The number of rotatable bonds is 4. The number of carbonyl (C=O) groups excluding carboxylic acids is 1. The second-order valence-corrected chi connectivity index (χ2v) is 5.99. The number of benzene rings is 2. The maximum atomic E-state index is 12.4. The summed E-state index contributed by atoms with van der Waals surface area (Å²) in [7, 11) is 0. The van der Waals surface area contributed by atoms with Crippen LogP contribution in [0.1, 0.15) is 21.7 Å². The van der Waals surface area contributed by atoms with E-state index in [0.717, 1.165) is 15.6 Å². The zero-order valence-corrected chi connectivity index (χ0v) is 14.4. The molecule has 0 aliphatic carbocycles. The topological polar surface area (TPSA) is 67.5 Å². The lowest BCUT2D eigenvalue weighted by molar-refractivity contribution is 0.0954. The predicted octanol–water partition coefficient (Wildman–Crippen LogP) is 4.18. The minimum Gasteiger partial charge on any atom is -0.360 e. The van der Waals surface area contributed by atoms with Gasteiger partial charge in [0.2, 0.25) is 0 Å². The smallest absolute Gasteiger partial charge is 0.277 e. The number of hydrogen-bond acceptors (Lipinski definition) is 4. The lowest BCUT2D eigenvalue weighted by Crippen LogP contribution is -2.18. The Balaban J connectivity index is 1.78. The summed E-state index contributed by atoms with van der Waals surface area (Å²) in [5, 5.41) is 7.98. The molecule has 0 spiro atoms. The predicted molar refractivity (Wildman–Crippen MR) is 95.9 cm³/mol. The Labute approximate surface area is 147 Å². The van der Waals surface area contributed by atoms with Crippen molar-refractivity contribution in [3.63, 3.8) is 0 Å². The number of aromatic nitrogens is 1. The Morgan fingerprint density at radius 1 is 1.17 bits per heavy atom. The number of amides is 1. The number of hydrazone groups is 1. The fourth-order valence-electron chi connectivity index (χ4n) is 2.20. The molecule has 0 aliphatic heterocycles. The molecule has 120 valence electrons. The van der Waals surface area contributed by atoms with Crippen molar-refractivity contribution in [1.82, 2.24) is 10.6 Å². The molecular weight excluding hydrogens is 370 g/mol. The van der Waals surface area contributed by atoms with E-state index >= 15 is 0 Å². The first kappa shape index (κ1) is 16.1. The average Bonchev–Trinajstić information content (AvgIpc) is 2.99. The van der Waals surface area contributed by atoms with E-state index in [0.29, 0.717) is 17.0 Å². The molecule has 0 fully saturated rings. The molecule has 24 heavy (non-hydrogen) atoms. The van der Waals surface area contributed by atoms with Crippen molar-refractivity contribution in [1.29, 1.82) is 0 Å². The van der Waals surface area contributed by atoms with E-state index in [1.165, 1.54) is 0 Å². The molecule has 0 saturated carbocycles. The Kier molecular flexibility index (Phi) is 4.86. The van der Waals surface area contributed by atoms with Crippen molar-refractivity contribution in [3.8, 4) is 11.3 Å². The second-order valence-electron chi connectivity index (χ2n) is 5.08. The molecule has 3 aromatic rings. The molecule has 0 atom stereocenters. The highest BCUT2D eigenvalue weighted by atomic mass is 79.9. The van der Waals surface area contributed by atoms with Gasteiger partial charge in [0.1, 0.15) is 17.0 Å². The highest BCUT2D eigenvalue weighted by Gasteiger charge is 2.21. The quantitative estimate of drug-likeness (QED) is 0.542. The van der Waals surface area contributed by atoms with Crippen molar-refractivity contribution in [2.24, 2.45) is 5.10 Å². The summed E-state index contributed by atoms with van der Waals surface area (Å²) in [5.41, 5.74) is 5.10. The third-order valence-corrected chi connectivity index (χ3v) is 3.92. The van der Waals surface area contributed by atoms with Gasteiger partial charge in [-0.15, -0.1) is 0 Å². The molecule has 3 rings (SSSR count). The van der Waals surface area contributed by atoms with E-state index in [2.05, 4.69) is 31.6 Å². The highest BCUT2D eigenvalue weighted by molar-refractivity contribution is 9.10. The van der Waals surface area contributed by atoms with E-state index in [-0.39, 0.29) is 5.91 Å². The third kappa shape index (κ3) is 3.60.